The van der Waals surface area contributed by atoms with Crippen molar-refractivity contribution in [2.24, 2.45) is 0 Å². The van der Waals surface area contributed by atoms with E-state index in [0.717, 1.165) is 17.0 Å². The number of rotatable bonds is 8. The third-order valence-corrected chi connectivity index (χ3v) is 4.13. The van der Waals surface area contributed by atoms with E-state index in [0.29, 0.717) is 24.7 Å². The van der Waals surface area contributed by atoms with Crippen molar-refractivity contribution < 1.29 is 14.3 Å². The molecule has 27 heavy (non-hydrogen) atoms. The second-order valence-corrected chi connectivity index (χ2v) is 6.22. The second kappa shape index (κ2) is 8.59. The molecule has 0 bridgehead atoms. The zero-order valence-corrected chi connectivity index (χ0v) is 15.4. The lowest BCUT2D eigenvalue weighted by atomic mass is 10.1. The first-order valence-electron chi connectivity index (χ1n) is 8.93. The molecule has 0 saturated heterocycles. The lowest BCUT2D eigenvalue weighted by molar-refractivity contribution is -0.121. The van der Waals surface area contributed by atoms with Crippen molar-refractivity contribution in [3.05, 3.63) is 53.5 Å². The molecule has 1 unspecified atom stereocenters. The molecular formula is C19H23N5O3. The summed E-state index contributed by atoms with van der Waals surface area (Å²) in [5.74, 6) is 0.608. The van der Waals surface area contributed by atoms with Crippen LogP contribution < -0.4 is 5.32 Å². The Morgan fingerprint density at radius 2 is 2.07 bits per heavy atom. The van der Waals surface area contributed by atoms with E-state index < -0.39 is 6.10 Å². The molecule has 3 aromatic rings. The highest BCUT2D eigenvalue weighted by Gasteiger charge is 2.15. The van der Waals surface area contributed by atoms with E-state index in [1.165, 1.54) is 0 Å². The van der Waals surface area contributed by atoms with Gasteiger partial charge in [-0.15, -0.1) is 10.2 Å². The topological polar surface area (TPSA) is 106 Å². The SMILES string of the molecule is CCn1nc(C)cc1-c1nnc(CCC(=O)NCC(O)c2ccccc2)o1. The molecule has 3 rings (SSSR count). The largest absolute Gasteiger partial charge is 0.419 e. The highest BCUT2D eigenvalue weighted by molar-refractivity contribution is 5.76. The predicted molar refractivity (Wildman–Crippen MR) is 98.7 cm³/mol. The quantitative estimate of drug-likeness (QED) is 0.629. The number of aliphatic hydroxyl groups is 1. The average molecular weight is 369 g/mol. The average Bonchev–Trinajstić information content (AvgIpc) is 3.31. The summed E-state index contributed by atoms with van der Waals surface area (Å²) in [6, 6.07) is 11.1. The van der Waals surface area contributed by atoms with Crippen molar-refractivity contribution in [2.45, 2.75) is 39.3 Å². The van der Waals surface area contributed by atoms with Gasteiger partial charge in [0.25, 0.3) is 5.89 Å². The molecule has 8 nitrogen and oxygen atoms in total. The van der Waals surface area contributed by atoms with Gasteiger partial charge in [0.05, 0.1) is 11.8 Å². The molecule has 0 fully saturated rings. The molecule has 0 saturated carbocycles. The standard InChI is InChI=1S/C19H23N5O3/c1-3-24-15(11-13(2)23-24)19-22-21-18(27-19)10-9-17(26)20-12-16(25)14-7-5-4-6-8-14/h4-8,11,16,25H,3,9-10,12H2,1-2H3,(H,20,26). The maximum Gasteiger partial charge on any atom is 0.265 e. The van der Waals surface area contributed by atoms with E-state index in [9.17, 15) is 9.90 Å². The number of carbonyl (C=O) groups excluding carboxylic acids is 1. The van der Waals surface area contributed by atoms with Crippen molar-refractivity contribution in [3.8, 4) is 11.6 Å². The highest BCUT2D eigenvalue weighted by atomic mass is 16.4. The van der Waals surface area contributed by atoms with Crippen molar-refractivity contribution in [1.29, 1.82) is 0 Å². The van der Waals surface area contributed by atoms with Crippen molar-refractivity contribution >= 4 is 5.91 Å². The van der Waals surface area contributed by atoms with Crippen LogP contribution in [0.25, 0.3) is 11.6 Å². The highest BCUT2D eigenvalue weighted by Crippen LogP contribution is 2.19. The minimum Gasteiger partial charge on any atom is -0.419 e. The van der Waals surface area contributed by atoms with Crippen molar-refractivity contribution in [2.75, 3.05) is 6.54 Å². The molecule has 0 aliphatic carbocycles. The number of nitrogens with one attached hydrogen (secondary N) is 1. The van der Waals surface area contributed by atoms with Crippen LogP contribution in [0.3, 0.4) is 0 Å². The van der Waals surface area contributed by atoms with Gasteiger partial charge in [-0.1, -0.05) is 30.3 Å². The first kappa shape index (κ1) is 18.8. The fraction of sp³-hybridized carbons (Fsp3) is 0.368. The molecule has 142 valence electrons. The third kappa shape index (κ3) is 4.79. The molecule has 1 atom stereocenters. The molecule has 2 heterocycles. The second-order valence-electron chi connectivity index (χ2n) is 6.22. The molecule has 0 spiro atoms. The zero-order chi connectivity index (χ0) is 19.2. The lowest BCUT2D eigenvalue weighted by Crippen LogP contribution is -2.28. The van der Waals surface area contributed by atoms with Crippen LogP contribution in [-0.4, -0.2) is 37.5 Å². The Morgan fingerprint density at radius 1 is 1.30 bits per heavy atom. The molecular weight excluding hydrogens is 346 g/mol. The summed E-state index contributed by atoms with van der Waals surface area (Å²) in [5.41, 5.74) is 2.41. The fourth-order valence-electron chi connectivity index (χ4n) is 2.73. The number of aryl methyl sites for hydroxylation is 3. The number of hydrogen-bond acceptors (Lipinski definition) is 6. The van der Waals surface area contributed by atoms with Gasteiger partial charge in [-0.05, 0) is 25.5 Å². The summed E-state index contributed by atoms with van der Waals surface area (Å²) < 4.78 is 7.45. The summed E-state index contributed by atoms with van der Waals surface area (Å²) >= 11 is 0. The zero-order valence-electron chi connectivity index (χ0n) is 15.4. The summed E-state index contributed by atoms with van der Waals surface area (Å²) in [6.45, 7) is 4.75. The number of aliphatic hydroxyl groups excluding tert-OH is 1. The Kier molecular flexibility index (Phi) is 5.97. The van der Waals surface area contributed by atoms with E-state index in [4.69, 9.17) is 4.42 Å². The van der Waals surface area contributed by atoms with Crippen LogP contribution in [0, 0.1) is 6.92 Å². The summed E-state index contributed by atoms with van der Waals surface area (Å²) in [6.07, 6.45) is -0.197. The smallest absolute Gasteiger partial charge is 0.265 e. The molecule has 2 N–H and O–H groups in total. The minimum atomic E-state index is -0.734. The van der Waals surface area contributed by atoms with E-state index in [1.807, 2.05) is 50.2 Å². The fourth-order valence-corrected chi connectivity index (χ4v) is 2.73. The number of benzene rings is 1. The van der Waals surface area contributed by atoms with E-state index in [1.54, 1.807) is 4.68 Å². The van der Waals surface area contributed by atoms with Crippen LogP contribution in [0.4, 0.5) is 0 Å². The van der Waals surface area contributed by atoms with Crippen molar-refractivity contribution in [1.82, 2.24) is 25.3 Å². The summed E-state index contributed by atoms with van der Waals surface area (Å²) in [7, 11) is 0. The lowest BCUT2D eigenvalue weighted by Gasteiger charge is -2.11. The molecule has 0 radical (unpaired) electrons. The van der Waals surface area contributed by atoms with Crippen LogP contribution in [0.5, 0.6) is 0 Å². The van der Waals surface area contributed by atoms with Crippen molar-refractivity contribution in [3.63, 3.8) is 0 Å². The number of hydrogen-bond donors (Lipinski definition) is 2. The Hall–Kier alpha value is -3.00. The van der Waals surface area contributed by atoms with Crippen LogP contribution in [0.15, 0.2) is 40.8 Å². The normalized spacial score (nSPS) is 12.1. The molecule has 0 aliphatic heterocycles. The molecule has 2 aromatic heterocycles. The molecule has 0 aliphatic rings. The van der Waals surface area contributed by atoms with Gasteiger partial charge < -0.3 is 14.8 Å². The van der Waals surface area contributed by atoms with E-state index >= 15 is 0 Å². The first-order valence-corrected chi connectivity index (χ1v) is 8.93. The first-order chi connectivity index (χ1) is 13.1. The van der Waals surface area contributed by atoms with Gasteiger partial charge in [-0.25, -0.2) is 0 Å². The number of amides is 1. The van der Waals surface area contributed by atoms with Gasteiger partial charge in [0.15, 0.2) is 0 Å². The minimum absolute atomic E-state index is 0.160. The summed E-state index contributed by atoms with van der Waals surface area (Å²) in [4.78, 5) is 12.0. The van der Waals surface area contributed by atoms with Crippen LogP contribution in [0.2, 0.25) is 0 Å². The van der Waals surface area contributed by atoms with Gasteiger partial charge in [0.2, 0.25) is 11.8 Å². The number of carbonyl (C=O) groups is 1. The van der Waals surface area contributed by atoms with Gasteiger partial charge in [0.1, 0.15) is 5.69 Å². The Labute approximate surface area is 157 Å². The monoisotopic (exact) mass is 369 g/mol. The Bertz CT molecular complexity index is 888. The predicted octanol–water partition coefficient (Wildman–Crippen LogP) is 2.04. The van der Waals surface area contributed by atoms with Gasteiger partial charge >= 0.3 is 0 Å². The maximum absolute atomic E-state index is 12.0. The van der Waals surface area contributed by atoms with Crippen LogP contribution >= 0.6 is 0 Å². The number of nitrogens with zero attached hydrogens (tertiary/aromatic N) is 4. The molecule has 8 heteroatoms. The van der Waals surface area contributed by atoms with E-state index in [2.05, 4.69) is 20.6 Å². The van der Waals surface area contributed by atoms with E-state index in [-0.39, 0.29) is 18.9 Å². The van der Waals surface area contributed by atoms with Crippen LogP contribution in [0.1, 0.15) is 36.6 Å². The molecule has 1 aromatic carbocycles. The van der Waals surface area contributed by atoms with Gasteiger partial charge in [-0.3, -0.25) is 9.48 Å². The summed E-state index contributed by atoms with van der Waals surface area (Å²) in [5, 5.41) is 25.2. The van der Waals surface area contributed by atoms with Gasteiger partial charge in [-0.2, -0.15) is 5.10 Å². The number of aromatic nitrogens is 4. The van der Waals surface area contributed by atoms with Crippen LogP contribution in [-0.2, 0) is 17.8 Å². The maximum atomic E-state index is 12.0. The Morgan fingerprint density at radius 3 is 2.81 bits per heavy atom. The third-order valence-electron chi connectivity index (χ3n) is 4.13. The molecule has 1 amide bonds. The Balaban J connectivity index is 1.50. The van der Waals surface area contributed by atoms with Gasteiger partial charge in [0, 0.05) is 25.9 Å².